The van der Waals surface area contributed by atoms with E-state index in [4.69, 9.17) is 11.6 Å². The summed E-state index contributed by atoms with van der Waals surface area (Å²) in [5.74, 6) is 0.669. The summed E-state index contributed by atoms with van der Waals surface area (Å²) < 4.78 is 1.20. The smallest absolute Gasteiger partial charge is 0.0475 e. The summed E-state index contributed by atoms with van der Waals surface area (Å²) in [6.45, 7) is 3.33. The van der Waals surface area contributed by atoms with Gasteiger partial charge in [-0.25, -0.2) is 0 Å². The van der Waals surface area contributed by atoms with E-state index in [0.717, 1.165) is 36.6 Å². The highest BCUT2D eigenvalue weighted by Crippen LogP contribution is 2.36. The number of hydrogen-bond acceptors (Lipinski definition) is 1. The number of fused-ring (bicyclic) bond motifs is 2. The molecular formula is C23H22BrClN2. The Bertz CT molecular complexity index is 1040. The molecule has 0 amide bonds. The van der Waals surface area contributed by atoms with Crippen molar-refractivity contribution in [3.8, 4) is 0 Å². The summed E-state index contributed by atoms with van der Waals surface area (Å²) in [5, 5.41) is 2.05. The molecule has 1 aliphatic heterocycles. The molecule has 3 aromatic rings. The third-order valence-electron chi connectivity index (χ3n) is 6.07. The van der Waals surface area contributed by atoms with Crippen LogP contribution in [0, 0.1) is 0 Å². The number of halogens is 2. The fourth-order valence-electron chi connectivity index (χ4n) is 4.65. The molecule has 4 heteroatoms. The molecule has 0 bridgehead atoms. The first kappa shape index (κ1) is 17.5. The van der Waals surface area contributed by atoms with E-state index in [1.54, 1.807) is 5.56 Å². The van der Waals surface area contributed by atoms with E-state index in [0.29, 0.717) is 5.92 Å². The zero-order chi connectivity index (χ0) is 18.4. The maximum atomic E-state index is 6.12. The molecule has 5 rings (SSSR count). The number of aromatic amines is 1. The minimum Gasteiger partial charge on any atom is -0.361 e. The first-order valence-corrected chi connectivity index (χ1v) is 10.8. The van der Waals surface area contributed by atoms with Crippen molar-refractivity contribution in [2.24, 2.45) is 0 Å². The maximum absolute atomic E-state index is 6.12. The molecule has 1 aromatic heterocycles. The van der Waals surface area contributed by atoms with Crippen LogP contribution in [0.2, 0.25) is 5.02 Å². The van der Waals surface area contributed by atoms with E-state index < -0.39 is 0 Å². The Morgan fingerprint density at radius 1 is 1.15 bits per heavy atom. The van der Waals surface area contributed by atoms with Gasteiger partial charge in [-0.2, -0.15) is 0 Å². The Kier molecular flexibility index (Phi) is 4.63. The molecule has 138 valence electrons. The van der Waals surface area contributed by atoms with Crippen LogP contribution in [-0.2, 0) is 6.42 Å². The van der Waals surface area contributed by atoms with E-state index in [-0.39, 0.29) is 0 Å². The zero-order valence-corrected chi connectivity index (χ0v) is 17.5. The number of aromatic nitrogens is 1. The van der Waals surface area contributed by atoms with Gasteiger partial charge in [-0.1, -0.05) is 45.7 Å². The van der Waals surface area contributed by atoms with E-state index in [2.05, 4.69) is 62.4 Å². The van der Waals surface area contributed by atoms with Gasteiger partial charge in [0.2, 0.25) is 0 Å². The highest BCUT2D eigenvalue weighted by molar-refractivity contribution is 9.10. The molecule has 0 saturated carbocycles. The van der Waals surface area contributed by atoms with Crippen molar-refractivity contribution in [2.75, 3.05) is 19.6 Å². The normalized spacial score (nSPS) is 20.1. The van der Waals surface area contributed by atoms with Gasteiger partial charge >= 0.3 is 0 Å². The maximum Gasteiger partial charge on any atom is 0.0475 e. The van der Waals surface area contributed by atoms with Crippen LogP contribution in [0.4, 0.5) is 0 Å². The summed E-state index contributed by atoms with van der Waals surface area (Å²) in [6, 6.07) is 12.9. The molecule has 0 saturated heterocycles. The predicted octanol–water partition coefficient (Wildman–Crippen LogP) is 6.40. The molecule has 2 nitrogen and oxygen atoms in total. The molecule has 2 heterocycles. The molecule has 1 unspecified atom stereocenters. The zero-order valence-electron chi connectivity index (χ0n) is 15.1. The molecule has 0 spiro atoms. The lowest BCUT2D eigenvalue weighted by Crippen LogP contribution is -2.32. The van der Waals surface area contributed by atoms with E-state index >= 15 is 0 Å². The average molecular weight is 442 g/mol. The summed E-state index contributed by atoms with van der Waals surface area (Å²) in [6.07, 6.45) is 8.15. The predicted molar refractivity (Wildman–Crippen MR) is 118 cm³/mol. The van der Waals surface area contributed by atoms with Crippen LogP contribution in [-0.4, -0.2) is 29.5 Å². The Morgan fingerprint density at radius 2 is 2.07 bits per heavy atom. The fraction of sp³-hybridized carbons (Fsp3) is 0.304. The number of nitrogens with one attached hydrogen (secondary N) is 1. The third-order valence-corrected chi connectivity index (χ3v) is 6.80. The van der Waals surface area contributed by atoms with Crippen molar-refractivity contribution in [1.29, 1.82) is 0 Å². The second-order valence-electron chi connectivity index (χ2n) is 7.71. The van der Waals surface area contributed by atoms with Gasteiger partial charge < -0.3 is 4.98 Å². The Labute approximate surface area is 173 Å². The van der Waals surface area contributed by atoms with Crippen molar-refractivity contribution in [2.45, 2.75) is 25.2 Å². The topological polar surface area (TPSA) is 19.0 Å². The summed E-state index contributed by atoms with van der Waals surface area (Å²) >= 11 is 9.75. The lowest BCUT2D eigenvalue weighted by atomic mass is 9.96. The van der Waals surface area contributed by atoms with Crippen molar-refractivity contribution in [3.63, 3.8) is 0 Å². The first-order valence-electron chi connectivity index (χ1n) is 9.64. The molecule has 2 aliphatic rings. The van der Waals surface area contributed by atoms with Crippen LogP contribution in [0.25, 0.3) is 16.5 Å². The van der Waals surface area contributed by atoms with E-state index in [1.165, 1.54) is 39.4 Å². The third kappa shape index (κ3) is 3.37. The number of benzene rings is 2. The Morgan fingerprint density at radius 3 is 2.93 bits per heavy atom. The number of hydrogen-bond donors (Lipinski definition) is 1. The molecular weight excluding hydrogens is 420 g/mol. The number of rotatable bonds is 3. The van der Waals surface area contributed by atoms with Gasteiger partial charge in [-0.05, 0) is 66.1 Å². The van der Waals surface area contributed by atoms with Gasteiger partial charge in [0.15, 0.2) is 0 Å². The number of nitrogens with zero attached hydrogens (tertiary/aromatic N) is 1. The second-order valence-corrected chi connectivity index (χ2v) is 9.06. The largest absolute Gasteiger partial charge is 0.361 e. The van der Waals surface area contributed by atoms with Crippen LogP contribution < -0.4 is 0 Å². The van der Waals surface area contributed by atoms with Crippen molar-refractivity contribution in [3.05, 3.63) is 74.9 Å². The molecule has 27 heavy (non-hydrogen) atoms. The molecule has 1 atom stereocenters. The lowest BCUT2D eigenvalue weighted by molar-refractivity contribution is 0.281. The van der Waals surface area contributed by atoms with Crippen LogP contribution in [0.3, 0.4) is 0 Å². The van der Waals surface area contributed by atoms with Crippen LogP contribution in [0.5, 0.6) is 0 Å². The van der Waals surface area contributed by atoms with Gasteiger partial charge in [0.25, 0.3) is 0 Å². The van der Waals surface area contributed by atoms with Crippen LogP contribution in [0.1, 0.15) is 35.4 Å². The van der Waals surface area contributed by atoms with Gasteiger partial charge in [0.05, 0.1) is 0 Å². The minimum atomic E-state index is 0.669. The van der Waals surface area contributed by atoms with E-state index in [1.807, 2.05) is 12.1 Å². The number of aryl methyl sites for hydroxylation is 1. The van der Waals surface area contributed by atoms with Crippen LogP contribution >= 0.6 is 27.5 Å². The monoisotopic (exact) mass is 440 g/mol. The summed E-state index contributed by atoms with van der Waals surface area (Å²) in [4.78, 5) is 5.98. The number of H-pyrrole nitrogens is 1. The SMILES string of the molecule is Clc1ccc2c(C3=CCN(CC4CCc5ccc(Br)cc54)CC3)c[nH]c2c1. The Hall–Kier alpha value is -1.55. The molecule has 1 aliphatic carbocycles. The molecule has 0 radical (unpaired) electrons. The standard InChI is InChI=1S/C23H22BrClN2/c24-18-4-3-15-1-2-17(21(15)11-18)14-27-9-7-16(8-10-27)22-13-26-23-12-19(25)5-6-20(22)23/h3-7,11-13,17,26H,1-2,8-10,14H2. The van der Waals surface area contributed by atoms with Crippen molar-refractivity contribution < 1.29 is 0 Å². The van der Waals surface area contributed by atoms with Gasteiger partial charge in [-0.15, -0.1) is 0 Å². The Balaban J connectivity index is 1.31. The van der Waals surface area contributed by atoms with Crippen molar-refractivity contribution >= 4 is 44.0 Å². The van der Waals surface area contributed by atoms with Gasteiger partial charge in [0.1, 0.15) is 0 Å². The van der Waals surface area contributed by atoms with Crippen molar-refractivity contribution in [1.82, 2.24) is 9.88 Å². The fourth-order valence-corrected chi connectivity index (χ4v) is 5.20. The van der Waals surface area contributed by atoms with Gasteiger partial charge in [-0.3, -0.25) is 4.90 Å². The highest BCUT2D eigenvalue weighted by atomic mass is 79.9. The molecule has 0 fully saturated rings. The highest BCUT2D eigenvalue weighted by Gasteiger charge is 2.25. The van der Waals surface area contributed by atoms with Gasteiger partial charge in [0, 0.05) is 51.8 Å². The van der Waals surface area contributed by atoms with Crippen LogP contribution in [0.15, 0.2) is 53.1 Å². The summed E-state index contributed by atoms with van der Waals surface area (Å²) in [7, 11) is 0. The first-order chi connectivity index (χ1) is 13.2. The lowest BCUT2D eigenvalue weighted by Gasteiger charge is -2.29. The average Bonchev–Trinajstić information content (AvgIpc) is 3.26. The second kappa shape index (κ2) is 7.12. The molecule has 1 N–H and O–H groups in total. The molecule has 2 aromatic carbocycles. The quantitative estimate of drug-likeness (QED) is 0.498. The minimum absolute atomic E-state index is 0.669. The summed E-state index contributed by atoms with van der Waals surface area (Å²) in [5.41, 5.74) is 6.99. The van der Waals surface area contributed by atoms with E-state index in [9.17, 15) is 0 Å².